The second-order valence-electron chi connectivity index (χ2n) is 3.99. The van der Waals surface area contributed by atoms with Gasteiger partial charge in [-0.05, 0) is 59.1 Å². The summed E-state index contributed by atoms with van der Waals surface area (Å²) < 4.78 is 14.3. The molecule has 1 rings (SSSR count). The van der Waals surface area contributed by atoms with Crippen molar-refractivity contribution in [2.24, 2.45) is 0 Å². The molecule has 0 aliphatic rings. The minimum atomic E-state index is -0.127. The first-order valence-electron chi connectivity index (χ1n) is 5.18. The van der Waals surface area contributed by atoms with Crippen LogP contribution < -0.4 is 5.32 Å². The zero-order chi connectivity index (χ0) is 11.4. The van der Waals surface area contributed by atoms with Crippen molar-refractivity contribution >= 4 is 15.9 Å². The van der Waals surface area contributed by atoms with Crippen LogP contribution in [0, 0.1) is 5.82 Å². The lowest BCUT2D eigenvalue weighted by Crippen LogP contribution is -2.11. The van der Waals surface area contributed by atoms with Gasteiger partial charge in [0.25, 0.3) is 0 Å². The SMILES string of the molecule is CNCCc1cc(Br)c(F)c(C(C)C)c1. The van der Waals surface area contributed by atoms with Gasteiger partial charge < -0.3 is 5.32 Å². The molecular formula is C12H17BrFN. The van der Waals surface area contributed by atoms with E-state index in [1.165, 1.54) is 5.56 Å². The van der Waals surface area contributed by atoms with Crippen molar-refractivity contribution in [1.29, 1.82) is 0 Å². The van der Waals surface area contributed by atoms with E-state index in [-0.39, 0.29) is 11.7 Å². The maximum atomic E-state index is 13.7. The number of rotatable bonds is 4. The average molecular weight is 274 g/mol. The van der Waals surface area contributed by atoms with Crippen LogP contribution in [0.15, 0.2) is 16.6 Å². The molecule has 0 bridgehead atoms. The third kappa shape index (κ3) is 3.28. The summed E-state index contributed by atoms with van der Waals surface area (Å²) in [6, 6.07) is 3.82. The Kier molecular flexibility index (Phi) is 4.74. The molecule has 0 unspecified atom stereocenters. The fraction of sp³-hybridized carbons (Fsp3) is 0.500. The van der Waals surface area contributed by atoms with Crippen LogP contribution in [0.5, 0.6) is 0 Å². The number of halogens is 2. The summed E-state index contributed by atoms with van der Waals surface area (Å²) in [4.78, 5) is 0. The molecule has 15 heavy (non-hydrogen) atoms. The van der Waals surface area contributed by atoms with E-state index in [1.807, 2.05) is 33.0 Å². The fourth-order valence-corrected chi connectivity index (χ4v) is 2.03. The Labute approximate surface area is 99.2 Å². The summed E-state index contributed by atoms with van der Waals surface area (Å²) in [5, 5.41) is 3.09. The van der Waals surface area contributed by atoms with E-state index in [4.69, 9.17) is 0 Å². The minimum absolute atomic E-state index is 0.127. The van der Waals surface area contributed by atoms with Crippen LogP contribution in [-0.2, 0) is 6.42 Å². The van der Waals surface area contributed by atoms with Gasteiger partial charge in [-0.1, -0.05) is 19.9 Å². The zero-order valence-electron chi connectivity index (χ0n) is 9.40. The van der Waals surface area contributed by atoms with E-state index in [9.17, 15) is 4.39 Å². The quantitative estimate of drug-likeness (QED) is 0.886. The molecule has 0 aromatic heterocycles. The van der Waals surface area contributed by atoms with Crippen LogP contribution in [0.1, 0.15) is 30.9 Å². The van der Waals surface area contributed by atoms with Crippen molar-refractivity contribution in [3.05, 3.63) is 33.5 Å². The Hall–Kier alpha value is -0.410. The number of hydrogen-bond acceptors (Lipinski definition) is 1. The number of benzene rings is 1. The van der Waals surface area contributed by atoms with Crippen LogP contribution in [0.3, 0.4) is 0 Å². The van der Waals surface area contributed by atoms with Crippen LogP contribution in [0.25, 0.3) is 0 Å². The lowest BCUT2D eigenvalue weighted by Gasteiger charge is -2.11. The topological polar surface area (TPSA) is 12.0 Å². The summed E-state index contributed by atoms with van der Waals surface area (Å²) in [5.74, 6) is 0.0917. The molecule has 0 aliphatic carbocycles. The summed E-state index contributed by atoms with van der Waals surface area (Å²) in [6.07, 6.45) is 0.926. The molecule has 1 nitrogen and oxygen atoms in total. The van der Waals surface area contributed by atoms with Crippen molar-refractivity contribution in [1.82, 2.24) is 5.32 Å². The van der Waals surface area contributed by atoms with Crippen molar-refractivity contribution < 1.29 is 4.39 Å². The Morgan fingerprint density at radius 1 is 1.40 bits per heavy atom. The van der Waals surface area contributed by atoms with Crippen LogP contribution in [0.2, 0.25) is 0 Å². The Bertz CT molecular complexity index is 337. The van der Waals surface area contributed by atoms with Crippen molar-refractivity contribution in [2.75, 3.05) is 13.6 Å². The standard InChI is InChI=1S/C12H17BrFN/c1-8(2)10-6-9(4-5-15-3)7-11(13)12(10)14/h6-8,15H,4-5H2,1-3H3. The van der Waals surface area contributed by atoms with E-state index < -0.39 is 0 Å². The molecule has 0 atom stereocenters. The molecule has 1 aromatic carbocycles. The molecule has 0 saturated carbocycles. The normalized spacial score (nSPS) is 11.1. The van der Waals surface area contributed by atoms with E-state index in [0.29, 0.717) is 4.47 Å². The van der Waals surface area contributed by atoms with Crippen molar-refractivity contribution in [2.45, 2.75) is 26.2 Å². The smallest absolute Gasteiger partial charge is 0.140 e. The maximum absolute atomic E-state index is 13.7. The summed E-state index contributed by atoms with van der Waals surface area (Å²) in [7, 11) is 1.92. The first-order valence-corrected chi connectivity index (χ1v) is 5.98. The molecule has 0 fully saturated rings. The van der Waals surface area contributed by atoms with Gasteiger partial charge in [0.15, 0.2) is 0 Å². The molecule has 84 valence electrons. The molecule has 1 aromatic rings. The van der Waals surface area contributed by atoms with E-state index in [0.717, 1.165) is 18.5 Å². The zero-order valence-corrected chi connectivity index (χ0v) is 11.0. The number of nitrogens with one attached hydrogen (secondary N) is 1. The van der Waals surface area contributed by atoms with Crippen LogP contribution in [-0.4, -0.2) is 13.6 Å². The van der Waals surface area contributed by atoms with Crippen molar-refractivity contribution in [3.8, 4) is 0 Å². The first kappa shape index (κ1) is 12.7. The molecule has 3 heteroatoms. The molecule has 0 aliphatic heterocycles. The highest BCUT2D eigenvalue weighted by atomic mass is 79.9. The summed E-state index contributed by atoms with van der Waals surface area (Å²) in [5.41, 5.74) is 1.96. The molecular weight excluding hydrogens is 257 g/mol. The highest BCUT2D eigenvalue weighted by Crippen LogP contribution is 2.26. The molecule has 0 spiro atoms. The van der Waals surface area contributed by atoms with Gasteiger partial charge in [0.05, 0.1) is 4.47 Å². The predicted molar refractivity (Wildman–Crippen MR) is 65.8 cm³/mol. The van der Waals surface area contributed by atoms with Gasteiger partial charge in [0.1, 0.15) is 5.82 Å². The highest BCUT2D eigenvalue weighted by Gasteiger charge is 2.11. The van der Waals surface area contributed by atoms with Gasteiger partial charge in [-0.15, -0.1) is 0 Å². The van der Waals surface area contributed by atoms with Gasteiger partial charge in [-0.3, -0.25) is 0 Å². The second kappa shape index (κ2) is 5.61. The second-order valence-corrected chi connectivity index (χ2v) is 4.84. The number of likely N-dealkylation sites (N-methyl/N-ethyl adjacent to an activating group) is 1. The molecule has 0 amide bonds. The largest absolute Gasteiger partial charge is 0.319 e. The number of hydrogen-bond donors (Lipinski definition) is 1. The third-order valence-corrected chi connectivity index (χ3v) is 2.98. The summed E-state index contributed by atoms with van der Waals surface area (Å²) in [6.45, 7) is 4.93. The monoisotopic (exact) mass is 273 g/mol. The average Bonchev–Trinajstić information content (AvgIpc) is 2.19. The van der Waals surface area contributed by atoms with Gasteiger partial charge in [0, 0.05) is 0 Å². The molecule has 1 N–H and O–H groups in total. The van der Waals surface area contributed by atoms with Crippen LogP contribution >= 0.6 is 15.9 Å². The minimum Gasteiger partial charge on any atom is -0.319 e. The Morgan fingerprint density at radius 3 is 2.60 bits per heavy atom. The lowest BCUT2D eigenvalue weighted by atomic mass is 9.99. The van der Waals surface area contributed by atoms with E-state index in [1.54, 1.807) is 0 Å². The Morgan fingerprint density at radius 2 is 2.07 bits per heavy atom. The highest BCUT2D eigenvalue weighted by molar-refractivity contribution is 9.10. The Balaban J connectivity index is 3.00. The first-order chi connectivity index (χ1) is 7.06. The fourth-order valence-electron chi connectivity index (χ4n) is 1.50. The van der Waals surface area contributed by atoms with E-state index >= 15 is 0 Å². The summed E-state index contributed by atoms with van der Waals surface area (Å²) >= 11 is 3.26. The van der Waals surface area contributed by atoms with E-state index in [2.05, 4.69) is 21.2 Å². The van der Waals surface area contributed by atoms with Gasteiger partial charge in [-0.2, -0.15) is 0 Å². The predicted octanol–water partition coefficient (Wildman–Crippen LogP) is 3.47. The molecule has 0 saturated heterocycles. The van der Waals surface area contributed by atoms with Gasteiger partial charge >= 0.3 is 0 Å². The van der Waals surface area contributed by atoms with Crippen molar-refractivity contribution in [3.63, 3.8) is 0 Å². The van der Waals surface area contributed by atoms with Gasteiger partial charge in [0.2, 0.25) is 0 Å². The maximum Gasteiger partial charge on any atom is 0.140 e. The van der Waals surface area contributed by atoms with Crippen LogP contribution in [0.4, 0.5) is 4.39 Å². The lowest BCUT2D eigenvalue weighted by molar-refractivity contribution is 0.590. The molecule has 0 heterocycles. The van der Waals surface area contributed by atoms with Gasteiger partial charge in [-0.25, -0.2) is 4.39 Å². The molecule has 0 radical (unpaired) electrons. The third-order valence-electron chi connectivity index (χ3n) is 2.40.